The molecule has 0 aliphatic rings. The molecular formula is C12H23N3O. The summed E-state index contributed by atoms with van der Waals surface area (Å²) in [4.78, 5) is 0. The van der Waals surface area contributed by atoms with E-state index in [4.69, 9.17) is 4.74 Å². The second-order valence-electron chi connectivity index (χ2n) is 4.38. The van der Waals surface area contributed by atoms with E-state index < -0.39 is 0 Å². The van der Waals surface area contributed by atoms with E-state index in [1.807, 2.05) is 11.7 Å². The summed E-state index contributed by atoms with van der Waals surface area (Å²) < 4.78 is 7.15. The fourth-order valence-corrected chi connectivity index (χ4v) is 1.94. The van der Waals surface area contributed by atoms with Crippen LogP contribution in [0.1, 0.15) is 36.8 Å². The van der Waals surface area contributed by atoms with Gasteiger partial charge in [-0.05, 0) is 27.7 Å². The van der Waals surface area contributed by atoms with Gasteiger partial charge in [-0.15, -0.1) is 0 Å². The summed E-state index contributed by atoms with van der Waals surface area (Å²) in [5, 5.41) is 7.89. The maximum Gasteiger partial charge on any atom is 0.0667 e. The predicted octanol–water partition coefficient (Wildman–Crippen LogP) is 1.72. The first-order valence-corrected chi connectivity index (χ1v) is 5.73. The number of aromatic nitrogens is 2. The highest BCUT2D eigenvalue weighted by molar-refractivity contribution is 5.27. The summed E-state index contributed by atoms with van der Waals surface area (Å²) in [6.45, 7) is 9.24. The zero-order chi connectivity index (χ0) is 12.3. The summed E-state index contributed by atoms with van der Waals surface area (Å²) in [5.41, 5.74) is 3.62. The van der Waals surface area contributed by atoms with Crippen LogP contribution in [-0.2, 0) is 11.8 Å². The van der Waals surface area contributed by atoms with Crippen molar-refractivity contribution in [1.82, 2.24) is 15.1 Å². The van der Waals surface area contributed by atoms with Crippen molar-refractivity contribution in [3.05, 3.63) is 17.0 Å². The third-order valence-corrected chi connectivity index (χ3v) is 3.11. The van der Waals surface area contributed by atoms with Crippen LogP contribution in [0, 0.1) is 13.8 Å². The SMILES string of the molecule is COC(C)CNC(C)c1c(C)nn(C)c1C. The van der Waals surface area contributed by atoms with Gasteiger partial charge in [-0.3, -0.25) is 4.68 Å². The Hall–Kier alpha value is -0.870. The average Bonchev–Trinajstić information content (AvgIpc) is 2.49. The first-order chi connectivity index (χ1) is 7.47. The Labute approximate surface area is 98.0 Å². The zero-order valence-corrected chi connectivity index (χ0v) is 11.2. The second kappa shape index (κ2) is 5.46. The standard InChI is InChI=1S/C12H23N3O/c1-8(16-6)7-13-9(2)12-10(3)14-15(5)11(12)4/h8-9,13H,7H2,1-6H3. The van der Waals surface area contributed by atoms with Crippen LogP contribution in [-0.4, -0.2) is 29.5 Å². The van der Waals surface area contributed by atoms with Gasteiger partial charge in [-0.1, -0.05) is 0 Å². The van der Waals surface area contributed by atoms with Gasteiger partial charge < -0.3 is 10.1 Å². The molecule has 2 unspecified atom stereocenters. The topological polar surface area (TPSA) is 39.1 Å². The smallest absolute Gasteiger partial charge is 0.0667 e. The molecule has 4 heteroatoms. The van der Waals surface area contributed by atoms with Crippen molar-refractivity contribution < 1.29 is 4.74 Å². The molecule has 0 saturated heterocycles. The molecule has 1 rings (SSSR count). The third-order valence-electron chi connectivity index (χ3n) is 3.11. The van der Waals surface area contributed by atoms with E-state index in [-0.39, 0.29) is 6.10 Å². The highest BCUT2D eigenvalue weighted by atomic mass is 16.5. The van der Waals surface area contributed by atoms with Gasteiger partial charge >= 0.3 is 0 Å². The quantitative estimate of drug-likeness (QED) is 0.829. The molecule has 0 spiro atoms. The molecule has 0 aliphatic carbocycles. The molecule has 16 heavy (non-hydrogen) atoms. The second-order valence-corrected chi connectivity index (χ2v) is 4.38. The number of nitrogens with zero attached hydrogens (tertiary/aromatic N) is 2. The van der Waals surface area contributed by atoms with Crippen LogP contribution < -0.4 is 5.32 Å². The highest BCUT2D eigenvalue weighted by Crippen LogP contribution is 2.20. The predicted molar refractivity (Wildman–Crippen MR) is 65.6 cm³/mol. The number of methoxy groups -OCH3 is 1. The number of aryl methyl sites for hydroxylation is 2. The van der Waals surface area contributed by atoms with Crippen molar-refractivity contribution in [2.24, 2.45) is 7.05 Å². The van der Waals surface area contributed by atoms with Crippen molar-refractivity contribution in [1.29, 1.82) is 0 Å². The molecule has 1 aromatic rings. The number of hydrogen-bond donors (Lipinski definition) is 1. The number of rotatable bonds is 5. The third kappa shape index (κ3) is 2.83. The summed E-state index contributed by atoms with van der Waals surface area (Å²) in [6.07, 6.45) is 0.236. The maximum absolute atomic E-state index is 5.22. The van der Waals surface area contributed by atoms with Crippen LogP contribution in [0.3, 0.4) is 0 Å². The highest BCUT2D eigenvalue weighted by Gasteiger charge is 2.16. The Morgan fingerprint density at radius 1 is 1.38 bits per heavy atom. The van der Waals surface area contributed by atoms with E-state index in [1.54, 1.807) is 7.11 Å². The van der Waals surface area contributed by atoms with Crippen LogP contribution in [0.25, 0.3) is 0 Å². The molecule has 0 radical (unpaired) electrons. The lowest BCUT2D eigenvalue weighted by Gasteiger charge is -2.17. The molecule has 0 aliphatic heterocycles. The molecule has 92 valence electrons. The fourth-order valence-electron chi connectivity index (χ4n) is 1.94. The normalized spacial score (nSPS) is 15.1. The summed E-state index contributed by atoms with van der Waals surface area (Å²) in [5.74, 6) is 0. The van der Waals surface area contributed by atoms with Gasteiger partial charge in [-0.2, -0.15) is 5.10 Å². The van der Waals surface area contributed by atoms with Gasteiger partial charge in [-0.25, -0.2) is 0 Å². The first kappa shape index (κ1) is 13.2. The van der Waals surface area contributed by atoms with Crippen LogP contribution >= 0.6 is 0 Å². The van der Waals surface area contributed by atoms with E-state index >= 15 is 0 Å². The summed E-state index contributed by atoms with van der Waals surface area (Å²) in [7, 11) is 3.72. The van der Waals surface area contributed by atoms with Gasteiger partial charge in [0.05, 0.1) is 11.8 Å². The van der Waals surface area contributed by atoms with Gasteiger partial charge in [0.1, 0.15) is 0 Å². The molecular weight excluding hydrogens is 202 g/mol. The van der Waals surface area contributed by atoms with Gasteiger partial charge in [0.15, 0.2) is 0 Å². The Balaban J connectivity index is 2.69. The minimum atomic E-state index is 0.236. The van der Waals surface area contributed by atoms with Crippen molar-refractivity contribution in [2.75, 3.05) is 13.7 Å². The fraction of sp³-hybridized carbons (Fsp3) is 0.750. The van der Waals surface area contributed by atoms with Crippen molar-refractivity contribution in [2.45, 2.75) is 39.8 Å². The van der Waals surface area contributed by atoms with E-state index in [1.165, 1.54) is 11.3 Å². The zero-order valence-electron chi connectivity index (χ0n) is 11.2. The molecule has 0 amide bonds. The lowest BCUT2D eigenvalue weighted by Crippen LogP contribution is -2.28. The number of ether oxygens (including phenoxy) is 1. The van der Waals surface area contributed by atoms with Crippen molar-refractivity contribution in [3.8, 4) is 0 Å². The first-order valence-electron chi connectivity index (χ1n) is 5.73. The molecule has 4 nitrogen and oxygen atoms in total. The van der Waals surface area contributed by atoms with E-state index in [2.05, 4.69) is 38.1 Å². The van der Waals surface area contributed by atoms with E-state index in [0.29, 0.717) is 6.04 Å². The van der Waals surface area contributed by atoms with Crippen molar-refractivity contribution >= 4 is 0 Å². The minimum Gasteiger partial charge on any atom is -0.380 e. The Morgan fingerprint density at radius 3 is 2.44 bits per heavy atom. The average molecular weight is 225 g/mol. The molecule has 0 fully saturated rings. The van der Waals surface area contributed by atoms with Crippen LogP contribution in [0.2, 0.25) is 0 Å². The largest absolute Gasteiger partial charge is 0.380 e. The Bertz CT molecular complexity index is 346. The van der Waals surface area contributed by atoms with Gasteiger partial charge in [0.2, 0.25) is 0 Å². The molecule has 0 saturated carbocycles. The van der Waals surface area contributed by atoms with E-state index in [9.17, 15) is 0 Å². The van der Waals surface area contributed by atoms with E-state index in [0.717, 1.165) is 12.2 Å². The lowest BCUT2D eigenvalue weighted by molar-refractivity contribution is 0.115. The number of nitrogens with one attached hydrogen (secondary N) is 1. The molecule has 0 aromatic carbocycles. The molecule has 1 aromatic heterocycles. The maximum atomic E-state index is 5.22. The molecule has 0 bridgehead atoms. The monoisotopic (exact) mass is 225 g/mol. The van der Waals surface area contributed by atoms with Crippen LogP contribution in [0.5, 0.6) is 0 Å². The number of hydrogen-bond acceptors (Lipinski definition) is 3. The Kier molecular flexibility index (Phi) is 4.50. The molecule has 1 heterocycles. The molecule has 1 N–H and O–H groups in total. The minimum absolute atomic E-state index is 0.236. The lowest BCUT2D eigenvalue weighted by atomic mass is 10.1. The molecule has 2 atom stereocenters. The van der Waals surface area contributed by atoms with Crippen LogP contribution in [0.15, 0.2) is 0 Å². The van der Waals surface area contributed by atoms with Crippen molar-refractivity contribution in [3.63, 3.8) is 0 Å². The van der Waals surface area contributed by atoms with Gasteiger partial charge in [0.25, 0.3) is 0 Å². The summed E-state index contributed by atoms with van der Waals surface area (Å²) >= 11 is 0. The van der Waals surface area contributed by atoms with Gasteiger partial charge in [0, 0.05) is 38.0 Å². The Morgan fingerprint density at radius 2 is 2.00 bits per heavy atom. The van der Waals surface area contributed by atoms with Crippen LogP contribution in [0.4, 0.5) is 0 Å². The summed E-state index contributed by atoms with van der Waals surface area (Å²) in [6, 6.07) is 0.311.